The Morgan fingerprint density at radius 1 is 1.32 bits per heavy atom. The molecule has 2 amide bonds. The van der Waals surface area contributed by atoms with Crippen LogP contribution >= 0.6 is 11.3 Å². The van der Waals surface area contributed by atoms with Gasteiger partial charge in [0.2, 0.25) is 5.91 Å². The Labute approximate surface area is 200 Å². The fourth-order valence-electron chi connectivity index (χ4n) is 4.36. The first-order chi connectivity index (χ1) is 16.4. The van der Waals surface area contributed by atoms with Gasteiger partial charge in [-0.05, 0) is 43.0 Å². The molecular weight excluding hydrogens is 450 g/mol. The molecule has 3 fully saturated rings. The zero-order chi connectivity index (χ0) is 23.4. The molecule has 34 heavy (non-hydrogen) atoms. The monoisotopic (exact) mass is 475 g/mol. The highest BCUT2D eigenvalue weighted by atomic mass is 32.1. The topological polar surface area (TPSA) is 118 Å². The second-order valence-corrected chi connectivity index (χ2v) is 10.2. The molecule has 2 saturated heterocycles. The highest BCUT2D eigenvalue weighted by Crippen LogP contribution is 2.33. The summed E-state index contributed by atoms with van der Waals surface area (Å²) in [5, 5.41) is 10.8. The first-order valence-electron chi connectivity index (χ1n) is 11.4. The molecule has 10 heteroatoms. The standard InChI is InChI=1S/C24H25N7O2S/c1-13-14(9-22(32)27-13)8-15-11-26-31-21(28-17-2-3-17)10-18(29-23(15)31)19-4-5-20(34-19)24(33)30-7-6-16(25)12-30/h4-5,8,10-11,16-17,28H,1-3,6-7,9,12,25H2,(H,27,32)/b14-8+/t16-/m1/s1. The van der Waals surface area contributed by atoms with E-state index in [0.717, 1.165) is 46.8 Å². The number of carbonyl (C=O) groups is 2. The molecule has 1 atom stereocenters. The number of aromatic nitrogens is 3. The maximum atomic E-state index is 12.9. The number of rotatable bonds is 5. The summed E-state index contributed by atoms with van der Waals surface area (Å²) < 4.78 is 1.80. The van der Waals surface area contributed by atoms with Crippen LogP contribution in [-0.4, -0.2) is 56.5 Å². The molecule has 1 saturated carbocycles. The molecule has 2 aliphatic heterocycles. The zero-order valence-corrected chi connectivity index (χ0v) is 19.4. The Balaban J connectivity index is 1.38. The van der Waals surface area contributed by atoms with E-state index in [4.69, 9.17) is 10.7 Å². The first kappa shape index (κ1) is 21.1. The minimum absolute atomic E-state index is 0.0216. The number of allylic oxidation sites excluding steroid dienone is 1. The number of carbonyl (C=O) groups excluding carboxylic acids is 2. The van der Waals surface area contributed by atoms with Crippen LogP contribution in [0.15, 0.2) is 42.2 Å². The molecule has 0 aromatic carbocycles. The molecule has 3 aromatic heterocycles. The van der Waals surface area contributed by atoms with E-state index in [9.17, 15) is 9.59 Å². The van der Waals surface area contributed by atoms with Gasteiger partial charge < -0.3 is 21.3 Å². The second-order valence-electron chi connectivity index (χ2n) is 9.12. The summed E-state index contributed by atoms with van der Waals surface area (Å²) >= 11 is 1.44. The zero-order valence-electron chi connectivity index (χ0n) is 18.6. The van der Waals surface area contributed by atoms with Gasteiger partial charge in [0.1, 0.15) is 5.82 Å². The molecule has 9 nitrogen and oxygen atoms in total. The van der Waals surface area contributed by atoms with Crippen molar-refractivity contribution in [3.63, 3.8) is 0 Å². The van der Waals surface area contributed by atoms with Gasteiger partial charge in [-0.3, -0.25) is 9.59 Å². The van der Waals surface area contributed by atoms with Gasteiger partial charge in [0, 0.05) is 42.5 Å². The predicted molar refractivity (Wildman–Crippen MR) is 131 cm³/mol. The van der Waals surface area contributed by atoms with Crippen molar-refractivity contribution in [1.29, 1.82) is 0 Å². The summed E-state index contributed by atoms with van der Waals surface area (Å²) in [7, 11) is 0. The SMILES string of the molecule is C=C1NC(=O)C/C1=C\c1cnn2c(NC3CC3)cc(-c3ccc(C(=O)N4CC[C@@H](N)C4)s3)nc12. The number of nitrogens with zero attached hydrogens (tertiary/aromatic N) is 4. The van der Waals surface area contributed by atoms with E-state index in [1.165, 1.54) is 11.3 Å². The largest absolute Gasteiger partial charge is 0.367 e. The van der Waals surface area contributed by atoms with E-state index in [1.54, 1.807) is 10.7 Å². The number of hydrogen-bond donors (Lipinski definition) is 3. The average Bonchev–Trinajstić information content (AvgIpc) is 3.18. The van der Waals surface area contributed by atoms with Crippen LogP contribution in [0.2, 0.25) is 0 Å². The van der Waals surface area contributed by atoms with Crippen LogP contribution in [0.4, 0.5) is 5.82 Å². The maximum Gasteiger partial charge on any atom is 0.263 e. The third kappa shape index (κ3) is 3.88. The Morgan fingerprint density at radius 3 is 2.88 bits per heavy atom. The van der Waals surface area contributed by atoms with Crippen LogP contribution in [0.3, 0.4) is 0 Å². The fraction of sp³-hybridized carbons (Fsp3) is 0.333. The summed E-state index contributed by atoms with van der Waals surface area (Å²) in [6.45, 7) is 5.23. The van der Waals surface area contributed by atoms with Gasteiger partial charge in [0.25, 0.3) is 5.91 Å². The fourth-order valence-corrected chi connectivity index (χ4v) is 5.30. The Morgan fingerprint density at radius 2 is 2.18 bits per heavy atom. The van der Waals surface area contributed by atoms with Crippen molar-refractivity contribution in [3.05, 3.63) is 52.7 Å². The van der Waals surface area contributed by atoms with E-state index in [-0.39, 0.29) is 17.9 Å². The number of fused-ring (bicyclic) bond motifs is 1. The average molecular weight is 476 g/mol. The first-order valence-corrected chi connectivity index (χ1v) is 12.3. The Bertz CT molecular complexity index is 1370. The van der Waals surface area contributed by atoms with Crippen molar-refractivity contribution in [2.45, 2.75) is 37.8 Å². The normalized spacial score (nSPS) is 21.6. The van der Waals surface area contributed by atoms with E-state index < -0.39 is 0 Å². The van der Waals surface area contributed by atoms with Crippen LogP contribution in [-0.2, 0) is 4.79 Å². The van der Waals surface area contributed by atoms with Crippen LogP contribution in [0, 0.1) is 0 Å². The van der Waals surface area contributed by atoms with E-state index in [1.807, 2.05) is 29.2 Å². The molecular formula is C24H25N7O2S. The van der Waals surface area contributed by atoms with Crippen molar-refractivity contribution >= 4 is 40.7 Å². The van der Waals surface area contributed by atoms with Crippen molar-refractivity contribution in [2.75, 3.05) is 18.4 Å². The van der Waals surface area contributed by atoms with Gasteiger partial charge >= 0.3 is 0 Å². The van der Waals surface area contributed by atoms with Gasteiger partial charge in [0.15, 0.2) is 5.65 Å². The lowest BCUT2D eigenvalue weighted by Gasteiger charge is -2.14. The number of anilines is 1. The lowest BCUT2D eigenvalue weighted by molar-refractivity contribution is -0.118. The van der Waals surface area contributed by atoms with Crippen LogP contribution < -0.4 is 16.4 Å². The number of nitrogens with two attached hydrogens (primary N) is 1. The molecule has 3 aliphatic rings. The molecule has 0 spiro atoms. The highest BCUT2D eigenvalue weighted by Gasteiger charge is 2.27. The molecule has 3 aromatic rings. The Kier molecular flexibility index (Phi) is 5.00. The summed E-state index contributed by atoms with van der Waals surface area (Å²) in [5.41, 5.74) is 9.70. The molecule has 5 heterocycles. The Hall–Kier alpha value is -3.50. The summed E-state index contributed by atoms with van der Waals surface area (Å²) in [6, 6.07) is 6.29. The maximum absolute atomic E-state index is 12.9. The second kappa shape index (κ2) is 8.07. The van der Waals surface area contributed by atoms with Crippen molar-refractivity contribution in [1.82, 2.24) is 24.8 Å². The van der Waals surface area contributed by atoms with Crippen molar-refractivity contribution < 1.29 is 9.59 Å². The molecule has 6 rings (SSSR count). The van der Waals surface area contributed by atoms with Gasteiger partial charge in [-0.2, -0.15) is 9.61 Å². The van der Waals surface area contributed by atoms with E-state index in [2.05, 4.69) is 22.3 Å². The molecule has 0 bridgehead atoms. The number of hydrogen-bond acceptors (Lipinski definition) is 7. The predicted octanol–water partition coefficient (Wildman–Crippen LogP) is 2.62. The van der Waals surface area contributed by atoms with Crippen molar-refractivity contribution in [2.24, 2.45) is 5.73 Å². The smallest absolute Gasteiger partial charge is 0.263 e. The lowest BCUT2D eigenvalue weighted by atomic mass is 10.1. The molecule has 174 valence electrons. The van der Waals surface area contributed by atoms with Crippen molar-refractivity contribution in [3.8, 4) is 10.6 Å². The molecule has 1 aliphatic carbocycles. The highest BCUT2D eigenvalue weighted by molar-refractivity contribution is 7.17. The van der Waals surface area contributed by atoms with Gasteiger partial charge in [-0.15, -0.1) is 11.3 Å². The van der Waals surface area contributed by atoms with Crippen LogP contribution in [0.1, 0.15) is 40.9 Å². The molecule has 0 unspecified atom stereocenters. The van der Waals surface area contributed by atoms with E-state index >= 15 is 0 Å². The molecule has 0 radical (unpaired) electrons. The lowest BCUT2D eigenvalue weighted by Crippen LogP contribution is -2.31. The quantitative estimate of drug-likeness (QED) is 0.522. The van der Waals surface area contributed by atoms with Gasteiger partial charge in [-0.1, -0.05) is 6.58 Å². The summed E-state index contributed by atoms with van der Waals surface area (Å²) in [6.07, 6.45) is 7.06. The third-order valence-corrected chi connectivity index (χ3v) is 7.46. The van der Waals surface area contributed by atoms with Gasteiger partial charge in [-0.25, -0.2) is 4.98 Å². The summed E-state index contributed by atoms with van der Waals surface area (Å²) in [5.74, 6) is 0.818. The number of likely N-dealkylation sites (tertiary alicyclic amines) is 1. The number of nitrogens with one attached hydrogen (secondary N) is 2. The summed E-state index contributed by atoms with van der Waals surface area (Å²) in [4.78, 5) is 33.0. The number of thiophene rings is 1. The third-order valence-electron chi connectivity index (χ3n) is 6.37. The van der Waals surface area contributed by atoms with Crippen LogP contribution in [0.5, 0.6) is 0 Å². The minimum atomic E-state index is -0.0628. The molecule has 4 N–H and O–H groups in total. The van der Waals surface area contributed by atoms with Gasteiger partial charge in [0.05, 0.1) is 28.1 Å². The van der Waals surface area contributed by atoms with Crippen LogP contribution in [0.25, 0.3) is 22.3 Å². The van der Waals surface area contributed by atoms with E-state index in [0.29, 0.717) is 41.8 Å². The number of amides is 2. The minimum Gasteiger partial charge on any atom is -0.367 e.